The van der Waals surface area contributed by atoms with Crippen LogP contribution in [0.15, 0.2) is 23.2 Å². The lowest BCUT2D eigenvalue weighted by Gasteiger charge is -2.23. The van der Waals surface area contributed by atoms with E-state index in [0.717, 1.165) is 30.0 Å². The predicted molar refractivity (Wildman–Crippen MR) is 106 cm³/mol. The Balaban J connectivity index is 0.00000264. The summed E-state index contributed by atoms with van der Waals surface area (Å²) in [7, 11) is 0. The van der Waals surface area contributed by atoms with Crippen molar-refractivity contribution in [1.29, 1.82) is 0 Å². The van der Waals surface area contributed by atoms with Gasteiger partial charge in [0, 0.05) is 18.8 Å². The quantitative estimate of drug-likeness (QED) is 0.365. The van der Waals surface area contributed by atoms with E-state index in [1.54, 1.807) is 24.8 Å². The Labute approximate surface area is 158 Å². The number of aliphatic hydroxyl groups is 1. The van der Waals surface area contributed by atoms with Gasteiger partial charge in [-0.25, -0.2) is 9.38 Å². The highest BCUT2D eigenvalue weighted by atomic mass is 127. The van der Waals surface area contributed by atoms with E-state index in [1.165, 1.54) is 6.07 Å². The van der Waals surface area contributed by atoms with Gasteiger partial charge in [0.05, 0.1) is 12.1 Å². The summed E-state index contributed by atoms with van der Waals surface area (Å²) in [5.41, 5.74) is 0.946. The number of guanidine groups is 1. The van der Waals surface area contributed by atoms with Crippen molar-refractivity contribution in [3.8, 4) is 0 Å². The van der Waals surface area contributed by atoms with Crippen LogP contribution in [0.5, 0.6) is 0 Å². The van der Waals surface area contributed by atoms with Gasteiger partial charge in [-0.15, -0.1) is 24.0 Å². The molecular weight excluding hydrogens is 428 g/mol. The third kappa shape index (κ3) is 6.46. The molecule has 1 aliphatic rings. The van der Waals surface area contributed by atoms with Crippen molar-refractivity contribution in [2.24, 2.45) is 4.99 Å². The average molecular weight is 453 g/mol. The van der Waals surface area contributed by atoms with Crippen molar-refractivity contribution < 1.29 is 9.50 Å². The van der Waals surface area contributed by atoms with Crippen molar-refractivity contribution in [3.63, 3.8) is 0 Å². The Bertz CT molecular complexity index is 536. The van der Waals surface area contributed by atoms with Gasteiger partial charge in [0.2, 0.25) is 0 Å². The van der Waals surface area contributed by atoms with Crippen LogP contribution in [-0.4, -0.2) is 41.3 Å². The lowest BCUT2D eigenvalue weighted by molar-refractivity contribution is 0.0724. The maximum Gasteiger partial charge on any atom is 0.191 e. The fraction of sp³-hybridized carbons (Fsp3) is 0.562. The number of aryl methyl sites for hydroxylation is 1. The molecule has 1 aliphatic heterocycles. The lowest BCUT2D eigenvalue weighted by Crippen LogP contribution is -2.47. The second-order valence-corrected chi connectivity index (χ2v) is 6.76. The Kier molecular flexibility index (Phi) is 8.63. The smallest absolute Gasteiger partial charge is 0.191 e. The monoisotopic (exact) mass is 453 g/mol. The molecule has 0 bridgehead atoms. The molecule has 3 N–H and O–H groups in total. The van der Waals surface area contributed by atoms with Gasteiger partial charge in [0.25, 0.3) is 0 Å². The number of nitrogens with one attached hydrogen (secondary N) is 2. The van der Waals surface area contributed by atoms with Gasteiger partial charge in [-0.2, -0.15) is 11.8 Å². The highest BCUT2D eigenvalue weighted by Crippen LogP contribution is 2.26. The number of halogens is 2. The summed E-state index contributed by atoms with van der Waals surface area (Å²) >= 11 is 1.77. The molecule has 0 aromatic heterocycles. The number of benzene rings is 1. The Morgan fingerprint density at radius 2 is 2.22 bits per heavy atom. The topological polar surface area (TPSA) is 56.7 Å². The maximum atomic E-state index is 13.3. The molecular formula is C16H25FIN3OS. The number of thioether (sulfide) groups is 1. The van der Waals surface area contributed by atoms with Gasteiger partial charge >= 0.3 is 0 Å². The summed E-state index contributed by atoms with van der Waals surface area (Å²) < 4.78 is 13.3. The summed E-state index contributed by atoms with van der Waals surface area (Å²) in [6, 6.07) is 5.03. The van der Waals surface area contributed by atoms with E-state index in [1.807, 2.05) is 13.0 Å². The van der Waals surface area contributed by atoms with Gasteiger partial charge in [-0.1, -0.05) is 12.1 Å². The first-order chi connectivity index (χ1) is 10.5. The highest BCUT2D eigenvalue weighted by molar-refractivity contribution is 14.0. The van der Waals surface area contributed by atoms with Crippen molar-refractivity contribution in [2.75, 3.05) is 24.6 Å². The zero-order valence-electron chi connectivity index (χ0n) is 13.6. The molecule has 1 unspecified atom stereocenters. The summed E-state index contributed by atoms with van der Waals surface area (Å²) in [5.74, 6) is 2.24. The summed E-state index contributed by atoms with van der Waals surface area (Å²) in [4.78, 5) is 4.50. The highest BCUT2D eigenvalue weighted by Gasteiger charge is 2.31. The fourth-order valence-electron chi connectivity index (χ4n) is 2.30. The lowest BCUT2D eigenvalue weighted by atomic mass is 10.0. The van der Waals surface area contributed by atoms with Crippen molar-refractivity contribution >= 4 is 41.7 Å². The van der Waals surface area contributed by atoms with Gasteiger partial charge in [0.15, 0.2) is 5.96 Å². The van der Waals surface area contributed by atoms with Crippen LogP contribution >= 0.6 is 35.7 Å². The van der Waals surface area contributed by atoms with Crippen LogP contribution in [0, 0.1) is 12.7 Å². The first-order valence-corrected chi connectivity index (χ1v) is 8.75. The van der Waals surface area contributed by atoms with E-state index in [-0.39, 0.29) is 29.8 Å². The van der Waals surface area contributed by atoms with Crippen molar-refractivity contribution in [2.45, 2.75) is 32.4 Å². The fourth-order valence-corrected chi connectivity index (χ4v) is 3.60. The van der Waals surface area contributed by atoms with E-state index in [4.69, 9.17) is 0 Å². The normalized spacial score (nSPS) is 21.0. The van der Waals surface area contributed by atoms with Crippen LogP contribution in [0.2, 0.25) is 0 Å². The van der Waals surface area contributed by atoms with Gasteiger partial charge in [-0.3, -0.25) is 0 Å². The first-order valence-electron chi connectivity index (χ1n) is 7.60. The Morgan fingerprint density at radius 3 is 2.83 bits per heavy atom. The second-order valence-electron chi connectivity index (χ2n) is 5.66. The number of nitrogens with zero attached hydrogens (tertiary/aromatic N) is 1. The molecule has 0 radical (unpaired) electrons. The predicted octanol–water partition coefficient (Wildman–Crippen LogP) is 2.68. The molecule has 0 amide bonds. The molecule has 130 valence electrons. The number of rotatable bonds is 5. The van der Waals surface area contributed by atoms with Gasteiger partial charge in [-0.05, 0) is 43.2 Å². The largest absolute Gasteiger partial charge is 0.387 e. The Morgan fingerprint density at radius 1 is 1.43 bits per heavy atom. The summed E-state index contributed by atoms with van der Waals surface area (Å²) in [5, 5.41) is 16.7. The van der Waals surface area contributed by atoms with Crippen LogP contribution in [0.4, 0.5) is 4.39 Å². The van der Waals surface area contributed by atoms with Crippen LogP contribution < -0.4 is 10.6 Å². The molecule has 1 fully saturated rings. The SMILES string of the molecule is CCNC(=NCc1ccc(F)c(C)c1)NCC1(O)CCSC1.I. The zero-order valence-corrected chi connectivity index (χ0v) is 16.7. The minimum atomic E-state index is -0.646. The van der Waals surface area contributed by atoms with Crippen LogP contribution in [0.1, 0.15) is 24.5 Å². The van der Waals surface area contributed by atoms with Crippen LogP contribution in [-0.2, 0) is 6.54 Å². The maximum absolute atomic E-state index is 13.3. The molecule has 4 nitrogen and oxygen atoms in total. The molecule has 0 saturated carbocycles. The van der Waals surface area contributed by atoms with Crippen LogP contribution in [0.25, 0.3) is 0 Å². The van der Waals surface area contributed by atoms with E-state index < -0.39 is 5.60 Å². The zero-order chi connectivity index (χ0) is 16.0. The summed E-state index contributed by atoms with van der Waals surface area (Å²) in [6.45, 7) is 5.47. The van der Waals surface area contributed by atoms with Gasteiger partial charge < -0.3 is 15.7 Å². The van der Waals surface area contributed by atoms with Crippen molar-refractivity contribution in [1.82, 2.24) is 10.6 Å². The minimum Gasteiger partial charge on any atom is -0.387 e. The Hall–Kier alpha value is -0.540. The molecule has 1 heterocycles. The molecule has 7 heteroatoms. The molecule has 1 saturated heterocycles. The van der Waals surface area contributed by atoms with E-state index >= 15 is 0 Å². The van der Waals surface area contributed by atoms with E-state index in [9.17, 15) is 9.50 Å². The van der Waals surface area contributed by atoms with Gasteiger partial charge in [0.1, 0.15) is 5.82 Å². The number of aliphatic imine (C=N–C) groups is 1. The third-order valence-corrected chi connectivity index (χ3v) is 4.89. The molecule has 1 aromatic rings. The molecule has 1 atom stereocenters. The standard InChI is InChI=1S/C16H24FN3OS.HI/c1-3-18-15(20-10-16(21)6-7-22-11-16)19-9-13-4-5-14(17)12(2)8-13;/h4-5,8,21H,3,6-7,9-11H2,1-2H3,(H2,18,19,20);1H. The second kappa shape index (κ2) is 9.68. The first kappa shape index (κ1) is 20.5. The van der Waals surface area contributed by atoms with E-state index in [0.29, 0.717) is 24.6 Å². The third-order valence-electron chi connectivity index (χ3n) is 3.65. The minimum absolute atomic E-state index is 0. The molecule has 23 heavy (non-hydrogen) atoms. The molecule has 0 aliphatic carbocycles. The number of hydrogen-bond donors (Lipinski definition) is 3. The molecule has 1 aromatic carbocycles. The summed E-state index contributed by atoms with van der Waals surface area (Å²) in [6.07, 6.45) is 0.807. The molecule has 2 rings (SSSR count). The van der Waals surface area contributed by atoms with Crippen LogP contribution in [0.3, 0.4) is 0 Å². The number of hydrogen-bond acceptors (Lipinski definition) is 3. The average Bonchev–Trinajstić information content (AvgIpc) is 2.93. The van der Waals surface area contributed by atoms with Crippen molar-refractivity contribution in [3.05, 3.63) is 35.1 Å². The van der Waals surface area contributed by atoms with E-state index in [2.05, 4.69) is 15.6 Å². The molecule has 0 spiro atoms.